The van der Waals surface area contributed by atoms with Crippen molar-refractivity contribution in [2.45, 2.75) is 103 Å². The lowest BCUT2D eigenvalue weighted by Gasteiger charge is -2.49. The first-order chi connectivity index (χ1) is 33.4. The molecule has 71 heavy (non-hydrogen) atoms. The summed E-state index contributed by atoms with van der Waals surface area (Å²) < 4.78 is 0. The Morgan fingerprint density at radius 2 is 0.831 bits per heavy atom. The van der Waals surface area contributed by atoms with E-state index >= 15 is 0 Å². The van der Waals surface area contributed by atoms with E-state index in [1.807, 2.05) is 18.2 Å². The van der Waals surface area contributed by atoms with Crippen LogP contribution in [0.2, 0.25) is 0 Å². The second-order valence-corrected chi connectivity index (χ2v) is 23.2. The van der Waals surface area contributed by atoms with E-state index in [1.165, 1.54) is 38.9 Å². The van der Waals surface area contributed by atoms with E-state index < -0.39 is 0 Å². The first-order valence-electron chi connectivity index (χ1n) is 24.7. The minimum atomic E-state index is -0.272. The molecule has 0 unspecified atom stereocenters. The smallest absolute Gasteiger partial charge is 0.333 e. The number of hydrogen-bond donors (Lipinski definition) is 0. The number of rotatable bonds is 4. The molecule has 0 bridgehead atoms. The highest BCUT2D eigenvalue weighted by Crippen LogP contribution is 2.53. The third kappa shape index (κ3) is 7.03. The van der Waals surface area contributed by atoms with Crippen LogP contribution in [0.5, 0.6) is 0 Å². The molecule has 2 aliphatic heterocycles. The largest absolute Gasteiger partial charge is 0.376 e. The van der Waals surface area contributed by atoms with E-state index in [0.29, 0.717) is 11.1 Å². The Hall–Kier alpha value is -5.15. The molecule has 2 aliphatic carbocycles. The van der Waals surface area contributed by atoms with E-state index in [2.05, 4.69) is 138 Å². The third-order valence-electron chi connectivity index (χ3n) is 17.2. The number of fused-ring (bicyclic) bond motifs is 6. The fraction of sp³-hybridized carbons (Fsp3) is 0.276. The minimum Gasteiger partial charge on any atom is -0.376 e. The fourth-order valence-electron chi connectivity index (χ4n) is 12.5. The van der Waals surface area contributed by atoms with Gasteiger partial charge in [-0.05, 0) is 157 Å². The van der Waals surface area contributed by atoms with Crippen molar-refractivity contribution in [2.24, 2.45) is 0 Å². The van der Waals surface area contributed by atoms with Gasteiger partial charge in [-0.2, -0.15) is 0 Å². The van der Waals surface area contributed by atoms with Crippen molar-refractivity contribution in [2.75, 3.05) is 9.71 Å². The fourth-order valence-corrected chi connectivity index (χ4v) is 12.5. The van der Waals surface area contributed by atoms with Crippen molar-refractivity contribution < 1.29 is 0 Å². The normalized spacial score (nSPS) is 17.4. The van der Waals surface area contributed by atoms with Crippen molar-refractivity contribution >= 4 is 179 Å². The van der Waals surface area contributed by atoms with Crippen LogP contribution in [0.25, 0.3) is 33.4 Å². The molecule has 13 heteroatoms. The Kier molecular flexibility index (Phi) is 11.0. The molecule has 7 aromatic rings. The van der Waals surface area contributed by atoms with E-state index in [-0.39, 0.29) is 83.1 Å². The predicted molar refractivity (Wildman–Crippen MR) is 315 cm³/mol. The summed E-state index contributed by atoms with van der Waals surface area (Å²) in [6.45, 7) is 18.9. The zero-order valence-electron chi connectivity index (χ0n) is 42.2. The van der Waals surface area contributed by atoms with Crippen molar-refractivity contribution in [3.8, 4) is 33.4 Å². The maximum Gasteiger partial charge on any atom is 0.333 e. The summed E-state index contributed by atoms with van der Waals surface area (Å²) in [6, 6.07) is 33.6. The molecular formula is C58H47B11N2. The van der Waals surface area contributed by atoms with Gasteiger partial charge in [-0.25, -0.2) is 0 Å². The Bertz CT molecular complexity index is 3410. The van der Waals surface area contributed by atoms with Gasteiger partial charge in [0, 0.05) is 34.0 Å². The molecule has 0 spiro atoms. The average Bonchev–Trinajstić information content (AvgIpc) is 3.34. The second kappa shape index (κ2) is 16.2. The molecule has 0 amide bonds. The lowest BCUT2D eigenvalue weighted by atomic mass is 9.42. The Labute approximate surface area is 435 Å². The SMILES string of the molecule is [B]c1c([B])c([B])c(-c2ccc(N3B4c5cc6c(cc5N(c5ccc7c(c5)C(C)(C)CCC7(C)C)c5cccc(c54)-c4cc(-c5c([B])c([B])c([B])c([B])c5[B])ccc43)C(C)(C)CCC6(C)C)cc2)c([B])c1[B]. The zero-order valence-corrected chi connectivity index (χ0v) is 42.2. The molecule has 0 fully saturated rings. The summed E-state index contributed by atoms with van der Waals surface area (Å²) in [4.78, 5) is 5.00. The van der Waals surface area contributed by atoms with Gasteiger partial charge in [-0.1, -0.05) is 120 Å². The van der Waals surface area contributed by atoms with Gasteiger partial charge in [0.15, 0.2) is 0 Å². The highest BCUT2D eigenvalue weighted by Gasteiger charge is 2.48. The van der Waals surface area contributed by atoms with Crippen LogP contribution >= 0.6 is 0 Å². The van der Waals surface area contributed by atoms with Crippen LogP contribution in [0.15, 0.2) is 91.0 Å². The van der Waals surface area contributed by atoms with Gasteiger partial charge in [-0.3, -0.25) is 0 Å². The van der Waals surface area contributed by atoms with E-state index in [9.17, 15) is 0 Å². The number of anilines is 5. The van der Waals surface area contributed by atoms with E-state index in [0.717, 1.165) is 70.7 Å². The van der Waals surface area contributed by atoms with Crippen molar-refractivity contribution in [1.29, 1.82) is 0 Å². The van der Waals surface area contributed by atoms with Gasteiger partial charge in [0.05, 0.1) is 0 Å². The predicted octanol–water partition coefficient (Wildman–Crippen LogP) is 2.36. The molecule has 322 valence electrons. The molecular weight excluding hydrogens is 844 g/mol. The Morgan fingerprint density at radius 1 is 0.380 bits per heavy atom. The molecule has 0 N–H and O–H groups in total. The quantitative estimate of drug-likeness (QED) is 0.251. The van der Waals surface area contributed by atoms with Crippen molar-refractivity contribution in [1.82, 2.24) is 0 Å². The summed E-state index contributed by atoms with van der Waals surface area (Å²) in [5, 5.41) is 0. The monoisotopic (exact) mass is 892 g/mol. The second-order valence-electron chi connectivity index (χ2n) is 23.2. The summed E-state index contributed by atoms with van der Waals surface area (Å²) in [7, 11) is 65.2. The summed E-state index contributed by atoms with van der Waals surface area (Å²) in [5.74, 6) is 0. The van der Waals surface area contributed by atoms with E-state index in [1.54, 1.807) is 0 Å². The van der Waals surface area contributed by atoms with Crippen LogP contribution in [-0.4, -0.2) is 85.3 Å². The molecule has 11 rings (SSSR count). The van der Waals surface area contributed by atoms with E-state index in [4.69, 9.17) is 78.5 Å². The van der Waals surface area contributed by atoms with Gasteiger partial charge < -0.3 is 9.71 Å². The summed E-state index contributed by atoms with van der Waals surface area (Å²) >= 11 is 0. The van der Waals surface area contributed by atoms with Gasteiger partial charge >= 0.3 is 6.85 Å². The lowest BCUT2D eigenvalue weighted by molar-refractivity contribution is 0.332. The lowest BCUT2D eigenvalue weighted by Crippen LogP contribution is -2.62. The van der Waals surface area contributed by atoms with Gasteiger partial charge in [0.25, 0.3) is 0 Å². The number of benzene rings is 7. The molecule has 7 aromatic carbocycles. The molecule has 2 heterocycles. The van der Waals surface area contributed by atoms with Crippen LogP contribution in [0.4, 0.5) is 28.4 Å². The van der Waals surface area contributed by atoms with Crippen molar-refractivity contribution in [3.63, 3.8) is 0 Å². The molecule has 2 nitrogen and oxygen atoms in total. The van der Waals surface area contributed by atoms with Crippen LogP contribution in [-0.2, 0) is 21.7 Å². The number of nitrogens with zero attached hydrogens (tertiary/aromatic N) is 2. The third-order valence-corrected chi connectivity index (χ3v) is 17.2. The molecule has 0 aromatic heterocycles. The van der Waals surface area contributed by atoms with Crippen LogP contribution in [0.1, 0.15) is 103 Å². The standard InChI is InChI=1S/C58H47B11N2/c1-55(2)20-21-56(3,4)35-25-31(17-18-34(35)55)70-40-11-9-10-32-33-24-29(43-46(61)50(65)53(68)51(66)47(43)62)14-19-39(33)71(30-15-12-28(13-16-30)42-44(59)48(63)52(67)49(64)45(42)60)69(54(32)40)38-26-36-37(27-41(38)70)58(7,8)23-22-57(36,5)6/h9-19,24-27H,20-23H2,1-8H3. The highest BCUT2D eigenvalue weighted by atomic mass is 15.2. The van der Waals surface area contributed by atoms with Crippen molar-refractivity contribution in [3.05, 3.63) is 113 Å². The molecule has 20 radical (unpaired) electrons. The highest BCUT2D eigenvalue weighted by molar-refractivity contribution is 6.93. The van der Waals surface area contributed by atoms with Gasteiger partial charge in [0.2, 0.25) is 0 Å². The van der Waals surface area contributed by atoms with Crippen LogP contribution < -0.4 is 75.3 Å². The van der Waals surface area contributed by atoms with Crippen LogP contribution in [0, 0.1) is 0 Å². The molecule has 0 saturated heterocycles. The molecule has 0 atom stereocenters. The Balaban J connectivity index is 1.22. The molecule has 0 saturated carbocycles. The topological polar surface area (TPSA) is 6.48 Å². The summed E-state index contributed by atoms with van der Waals surface area (Å²) in [5.41, 5.74) is 20.2. The van der Waals surface area contributed by atoms with Gasteiger partial charge in [-0.15, -0.1) is 32.8 Å². The van der Waals surface area contributed by atoms with Crippen LogP contribution in [0.3, 0.4) is 0 Å². The summed E-state index contributed by atoms with van der Waals surface area (Å²) in [6.07, 6.45) is 4.41. The first-order valence-corrected chi connectivity index (χ1v) is 24.7. The molecule has 4 aliphatic rings. The van der Waals surface area contributed by atoms with Gasteiger partial charge in [0.1, 0.15) is 78.5 Å². The average molecular weight is 891 g/mol. The minimum absolute atomic E-state index is 0.00396. The maximum absolute atomic E-state index is 6.78. The zero-order chi connectivity index (χ0) is 50.8. The Morgan fingerprint density at radius 3 is 1.38 bits per heavy atom. The maximum atomic E-state index is 6.78. The first kappa shape index (κ1) is 48.1. The number of hydrogen-bond acceptors (Lipinski definition) is 2.